The van der Waals surface area contributed by atoms with Crippen LogP contribution in [0.25, 0.3) is 0 Å². The minimum atomic E-state index is -0.759. The van der Waals surface area contributed by atoms with Crippen molar-refractivity contribution in [2.24, 2.45) is 5.41 Å². The largest absolute Gasteiger partial charge is 0.481 e. The summed E-state index contributed by atoms with van der Waals surface area (Å²) in [5.74, 6) is -0.759. The van der Waals surface area contributed by atoms with Gasteiger partial charge in [-0.3, -0.25) is 4.79 Å². The lowest BCUT2D eigenvalue weighted by Gasteiger charge is -2.38. The Morgan fingerprint density at radius 3 is 2.70 bits per heavy atom. The van der Waals surface area contributed by atoms with Gasteiger partial charge in [-0.2, -0.15) is 0 Å². The summed E-state index contributed by atoms with van der Waals surface area (Å²) in [6.45, 7) is 6.60. The molecule has 112 valence electrons. The first-order chi connectivity index (χ1) is 9.47. The molecule has 5 heteroatoms. The second-order valence-electron chi connectivity index (χ2n) is 6.16. The number of thiophene rings is 1. The van der Waals surface area contributed by atoms with E-state index in [1.807, 2.05) is 12.1 Å². The molecule has 0 unspecified atom stereocenters. The van der Waals surface area contributed by atoms with Crippen LogP contribution in [-0.2, 0) is 17.8 Å². The van der Waals surface area contributed by atoms with Crippen LogP contribution in [0.5, 0.6) is 0 Å². The van der Waals surface area contributed by atoms with Crippen LogP contribution in [-0.4, -0.2) is 42.7 Å². The molecule has 0 bridgehead atoms. The molecule has 1 aliphatic rings. The maximum Gasteiger partial charge on any atom is 0.308 e. The first kappa shape index (κ1) is 15.5. The highest BCUT2D eigenvalue weighted by Gasteiger charge is 2.28. The number of likely N-dealkylation sites (tertiary alicyclic amines) is 1. The Labute approximate surface area is 124 Å². The van der Waals surface area contributed by atoms with Crippen LogP contribution in [0.15, 0.2) is 12.1 Å². The lowest BCUT2D eigenvalue weighted by atomic mass is 9.80. The van der Waals surface area contributed by atoms with Crippen LogP contribution in [0.2, 0.25) is 0 Å². The lowest BCUT2D eigenvalue weighted by Crippen LogP contribution is -2.41. The minimum absolute atomic E-state index is 0.134. The number of nitrogens with one attached hydrogen (secondary N) is 1. The maximum absolute atomic E-state index is 10.7. The van der Waals surface area contributed by atoms with E-state index in [-0.39, 0.29) is 6.42 Å². The number of carboxylic acids is 1. The average molecular weight is 296 g/mol. The van der Waals surface area contributed by atoms with E-state index in [0.29, 0.717) is 5.41 Å². The van der Waals surface area contributed by atoms with Crippen molar-refractivity contribution in [1.29, 1.82) is 0 Å². The summed E-state index contributed by atoms with van der Waals surface area (Å²) >= 11 is 1.60. The standard InChI is InChI=1S/C15H24N2O2S/c1-15(5-7-17(2)8-6-15)11-16-10-13-4-3-12(20-13)9-14(18)19/h3-4,16H,5-11H2,1-2H3,(H,18,19). The van der Waals surface area contributed by atoms with Crippen LogP contribution in [0.3, 0.4) is 0 Å². The molecule has 2 rings (SSSR count). The Morgan fingerprint density at radius 1 is 1.40 bits per heavy atom. The molecule has 4 nitrogen and oxygen atoms in total. The van der Waals surface area contributed by atoms with E-state index in [1.54, 1.807) is 11.3 Å². The number of carbonyl (C=O) groups is 1. The molecule has 1 fully saturated rings. The number of hydrogen-bond donors (Lipinski definition) is 2. The average Bonchev–Trinajstić information content (AvgIpc) is 2.80. The molecule has 1 aromatic heterocycles. The van der Waals surface area contributed by atoms with Gasteiger partial charge in [0, 0.05) is 22.8 Å². The third kappa shape index (κ3) is 4.58. The second kappa shape index (κ2) is 6.70. The molecule has 1 saturated heterocycles. The Balaban J connectivity index is 1.75. The fourth-order valence-corrected chi connectivity index (χ4v) is 3.56. The van der Waals surface area contributed by atoms with E-state index >= 15 is 0 Å². The van der Waals surface area contributed by atoms with E-state index in [0.717, 1.165) is 18.0 Å². The number of hydrogen-bond acceptors (Lipinski definition) is 4. The van der Waals surface area contributed by atoms with Crippen LogP contribution >= 0.6 is 11.3 Å². The Kier molecular flexibility index (Phi) is 5.18. The molecule has 0 spiro atoms. The summed E-state index contributed by atoms with van der Waals surface area (Å²) in [5.41, 5.74) is 0.396. The van der Waals surface area contributed by atoms with Crippen molar-refractivity contribution in [3.63, 3.8) is 0 Å². The SMILES string of the molecule is CN1CCC(C)(CNCc2ccc(CC(=O)O)s2)CC1. The Morgan fingerprint density at radius 2 is 2.05 bits per heavy atom. The van der Waals surface area contributed by atoms with Crippen molar-refractivity contribution in [3.05, 3.63) is 21.9 Å². The van der Waals surface area contributed by atoms with Crippen molar-refractivity contribution in [2.45, 2.75) is 32.7 Å². The molecule has 2 heterocycles. The van der Waals surface area contributed by atoms with Gasteiger partial charge in [-0.15, -0.1) is 11.3 Å². The number of piperidine rings is 1. The normalized spacial score (nSPS) is 19.1. The van der Waals surface area contributed by atoms with Gasteiger partial charge in [0.1, 0.15) is 0 Å². The van der Waals surface area contributed by atoms with Crippen molar-refractivity contribution in [2.75, 3.05) is 26.7 Å². The van der Waals surface area contributed by atoms with Gasteiger partial charge in [0.25, 0.3) is 0 Å². The molecule has 0 atom stereocenters. The molecule has 0 amide bonds. The fourth-order valence-electron chi connectivity index (χ4n) is 2.58. The molecule has 0 saturated carbocycles. The van der Waals surface area contributed by atoms with E-state index < -0.39 is 5.97 Å². The van der Waals surface area contributed by atoms with Gasteiger partial charge in [-0.25, -0.2) is 0 Å². The third-order valence-electron chi connectivity index (χ3n) is 4.09. The van der Waals surface area contributed by atoms with Crippen LogP contribution in [0.4, 0.5) is 0 Å². The summed E-state index contributed by atoms with van der Waals surface area (Å²) in [4.78, 5) is 15.2. The van der Waals surface area contributed by atoms with Crippen molar-refractivity contribution in [3.8, 4) is 0 Å². The van der Waals surface area contributed by atoms with Gasteiger partial charge in [-0.05, 0) is 50.5 Å². The predicted molar refractivity (Wildman–Crippen MR) is 82.2 cm³/mol. The monoisotopic (exact) mass is 296 g/mol. The van der Waals surface area contributed by atoms with Crippen molar-refractivity contribution >= 4 is 17.3 Å². The van der Waals surface area contributed by atoms with Gasteiger partial charge >= 0.3 is 5.97 Å². The van der Waals surface area contributed by atoms with Crippen LogP contribution in [0.1, 0.15) is 29.5 Å². The highest BCUT2D eigenvalue weighted by molar-refractivity contribution is 7.12. The molecular formula is C15H24N2O2S. The summed E-state index contributed by atoms with van der Waals surface area (Å²) in [7, 11) is 2.18. The van der Waals surface area contributed by atoms with E-state index in [2.05, 4.69) is 24.2 Å². The van der Waals surface area contributed by atoms with Crippen LogP contribution in [0, 0.1) is 5.41 Å². The van der Waals surface area contributed by atoms with Crippen molar-refractivity contribution < 1.29 is 9.90 Å². The third-order valence-corrected chi connectivity index (χ3v) is 5.17. The number of carboxylic acid groups (broad SMARTS) is 1. The molecule has 2 N–H and O–H groups in total. The highest BCUT2D eigenvalue weighted by atomic mass is 32.1. The minimum Gasteiger partial charge on any atom is -0.481 e. The topological polar surface area (TPSA) is 52.6 Å². The quantitative estimate of drug-likeness (QED) is 0.845. The summed E-state index contributed by atoms with van der Waals surface area (Å²) in [6.07, 6.45) is 2.62. The fraction of sp³-hybridized carbons (Fsp3) is 0.667. The van der Waals surface area contributed by atoms with Gasteiger partial charge in [-0.1, -0.05) is 6.92 Å². The predicted octanol–water partition coefficient (Wildman–Crippen LogP) is 2.20. The highest BCUT2D eigenvalue weighted by Crippen LogP contribution is 2.29. The smallest absolute Gasteiger partial charge is 0.308 e. The zero-order valence-corrected chi connectivity index (χ0v) is 13.1. The molecule has 20 heavy (non-hydrogen) atoms. The molecule has 1 aliphatic heterocycles. The van der Waals surface area contributed by atoms with Gasteiger partial charge in [0.05, 0.1) is 6.42 Å². The Hall–Kier alpha value is -0.910. The zero-order valence-electron chi connectivity index (χ0n) is 12.3. The molecule has 0 radical (unpaired) electrons. The van der Waals surface area contributed by atoms with Gasteiger partial charge < -0.3 is 15.3 Å². The number of aliphatic carboxylic acids is 1. The van der Waals surface area contributed by atoms with Crippen LogP contribution < -0.4 is 5.32 Å². The van der Waals surface area contributed by atoms with E-state index in [1.165, 1.54) is 30.8 Å². The lowest BCUT2D eigenvalue weighted by molar-refractivity contribution is -0.136. The first-order valence-corrected chi connectivity index (χ1v) is 7.97. The Bertz CT molecular complexity index is 450. The summed E-state index contributed by atoms with van der Waals surface area (Å²) in [5, 5.41) is 12.3. The zero-order chi connectivity index (χ0) is 14.6. The second-order valence-corrected chi connectivity index (χ2v) is 7.41. The summed E-state index contributed by atoms with van der Waals surface area (Å²) < 4.78 is 0. The molecule has 0 aromatic carbocycles. The van der Waals surface area contributed by atoms with Gasteiger partial charge in [0.15, 0.2) is 0 Å². The van der Waals surface area contributed by atoms with Crippen molar-refractivity contribution in [1.82, 2.24) is 10.2 Å². The number of rotatable bonds is 6. The molecule has 0 aliphatic carbocycles. The van der Waals surface area contributed by atoms with E-state index in [9.17, 15) is 4.79 Å². The molecular weight excluding hydrogens is 272 g/mol. The maximum atomic E-state index is 10.7. The van der Waals surface area contributed by atoms with Gasteiger partial charge in [0.2, 0.25) is 0 Å². The molecule has 1 aromatic rings. The van der Waals surface area contributed by atoms with E-state index in [4.69, 9.17) is 5.11 Å². The summed E-state index contributed by atoms with van der Waals surface area (Å²) in [6, 6.07) is 3.96. The first-order valence-electron chi connectivity index (χ1n) is 7.15. The number of nitrogens with zero attached hydrogens (tertiary/aromatic N) is 1.